The summed E-state index contributed by atoms with van der Waals surface area (Å²) in [5, 5.41) is 6.25. The van der Waals surface area contributed by atoms with Gasteiger partial charge in [0.25, 0.3) is 0 Å². The Morgan fingerprint density at radius 1 is 0.742 bits per heavy atom. The Morgan fingerprint density at radius 2 is 1.42 bits per heavy atom. The van der Waals surface area contributed by atoms with Crippen molar-refractivity contribution in [2.24, 2.45) is 7.05 Å². The molecule has 3 nitrogen and oxygen atoms in total. The molecule has 3 aromatic carbocycles. The summed E-state index contributed by atoms with van der Waals surface area (Å²) in [5.74, 6) is 0. The van der Waals surface area contributed by atoms with Crippen molar-refractivity contribution in [3.8, 4) is 11.3 Å². The molecule has 0 bridgehead atoms. The van der Waals surface area contributed by atoms with E-state index in [2.05, 4.69) is 103 Å². The van der Waals surface area contributed by atoms with E-state index in [0.29, 0.717) is 0 Å². The highest BCUT2D eigenvalue weighted by Crippen LogP contribution is 2.35. The van der Waals surface area contributed by atoms with Crippen LogP contribution in [0.25, 0.3) is 49.4 Å². The molecule has 0 saturated carbocycles. The molecule has 0 aliphatic rings. The number of rotatable bonds is 3. The van der Waals surface area contributed by atoms with E-state index in [4.69, 9.17) is 4.98 Å². The molecule has 0 N–H and O–H groups in total. The van der Waals surface area contributed by atoms with Gasteiger partial charge in [0, 0.05) is 52.7 Å². The third-order valence-corrected chi connectivity index (χ3v) is 6.57. The highest BCUT2D eigenvalue weighted by Gasteiger charge is 2.17. The number of imidazole rings is 1. The zero-order valence-corrected chi connectivity index (χ0v) is 18.2. The number of nitrogens with zero attached hydrogens (tertiary/aromatic N) is 3. The van der Waals surface area contributed by atoms with Gasteiger partial charge in [-0.3, -0.25) is 4.40 Å². The molecule has 0 aliphatic carbocycles. The van der Waals surface area contributed by atoms with Crippen molar-refractivity contribution in [1.29, 1.82) is 0 Å². The summed E-state index contributed by atoms with van der Waals surface area (Å²) >= 11 is 0. The minimum Gasteiger partial charge on any atom is -0.356 e. The van der Waals surface area contributed by atoms with Gasteiger partial charge in [-0.25, -0.2) is 4.98 Å². The van der Waals surface area contributed by atoms with Gasteiger partial charge >= 0.3 is 0 Å². The molecule has 0 fully saturated rings. The molecule has 3 heteroatoms. The van der Waals surface area contributed by atoms with Gasteiger partial charge in [-0.2, -0.15) is 0 Å². The topological polar surface area (TPSA) is 22.2 Å². The standard InChI is InChI=1S/C28H25N3/c1-4-18-9-8-10-19(5-2)27(18)25-17-31-26-14-21-16-30(3)15-20(21)13-24(26)22-11-6-7-12-23(22)28(31)29-25/h6-17H,4-5H2,1-3H3. The van der Waals surface area contributed by atoms with Crippen molar-refractivity contribution < 1.29 is 0 Å². The van der Waals surface area contributed by atoms with E-state index in [1.807, 2.05) is 0 Å². The lowest BCUT2D eigenvalue weighted by atomic mass is 9.95. The van der Waals surface area contributed by atoms with E-state index >= 15 is 0 Å². The van der Waals surface area contributed by atoms with Gasteiger partial charge in [-0.05, 0) is 41.5 Å². The summed E-state index contributed by atoms with van der Waals surface area (Å²) in [7, 11) is 2.08. The van der Waals surface area contributed by atoms with Crippen LogP contribution in [-0.2, 0) is 19.9 Å². The average molecular weight is 404 g/mol. The first kappa shape index (κ1) is 18.2. The molecule has 3 heterocycles. The first-order valence-electron chi connectivity index (χ1n) is 11.1. The van der Waals surface area contributed by atoms with E-state index in [1.54, 1.807) is 0 Å². The fourth-order valence-electron chi connectivity index (χ4n) is 5.09. The summed E-state index contributed by atoms with van der Waals surface area (Å²) in [6, 6.07) is 19.9. The molecule has 31 heavy (non-hydrogen) atoms. The quantitative estimate of drug-likeness (QED) is 0.294. The molecular formula is C28H25N3. The van der Waals surface area contributed by atoms with Crippen molar-refractivity contribution in [3.63, 3.8) is 0 Å². The highest BCUT2D eigenvalue weighted by molar-refractivity contribution is 6.15. The second-order valence-electron chi connectivity index (χ2n) is 8.45. The largest absolute Gasteiger partial charge is 0.356 e. The predicted molar refractivity (Wildman–Crippen MR) is 131 cm³/mol. The van der Waals surface area contributed by atoms with Crippen molar-refractivity contribution >= 4 is 38.1 Å². The van der Waals surface area contributed by atoms with Crippen molar-refractivity contribution in [2.45, 2.75) is 26.7 Å². The van der Waals surface area contributed by atoms with Crippen LogP contribution in [0.3, 0.4) is 0 Å². The van der Waals surface area contributed by atoms with Crippen LogP contribution in [0.2, 0.25) is 0 Å². The van der Waals surface area contributed by atoms with Gasteiger partial charge in [0.15, 0.2) is 0 Å². The Balaban J connectivity index is 1.79. The van der Waals surface area contributed by atoms with Gasteiger partial charge in [-0.15, -0.1) is 0 Å². The molecule has 0 atom stereocenters. The van der Waals surface area contributed by atoms with Gasteiger partial charge in [-0.1, -0.05) is 56.3 Å². The van der Waals surface area contributed by atoms with E-state index in [-0.39, 0.29) is 0 Å². The normalized spacial score (nSPS) is 12.0. The lowest BCUT2D eigenvalue weighted by Gasteiger charge is -2.10. The third-order valence-electron chi connectivity index (χ3n) is 6.57. The Morgan fingerprint density at radius 3 is 2.13 bits per heavy atom. The lowest BCUT2D eigenvalue weighted by molar-refractivity contribution is 0.933. The highest BCUT2D eigenvalue weighted by atomic mass is 15.0. The monoisotopic (exact) mass is 403 g/mol. The van der Waals surface area contributed by atoms with Crippen LogP contribution in [0, 0.1) is 0 Å². The van der Waals surface area contributed by atoms with Crippen LogP contribution >= 0.6 is 0 Å². The molecule has 152 valence electrons. The van der Waals surface area contributed by atoms with E-state index in [0.717, 1.165) is 24.2 Å². The number of benzene rings is 3. The molecule has 0 amide bonds. The average Bonchev–Trinajstić information content (AvgIpc) is 3.40. The Hall–Kier alpha value is -3.59. The number of aryl methyl sites for hydroxylation is 3. The first-order chi connectivity index (χ1) is 15.2. The van der Waals surface area contributed by atoms with Crippen LogP contribution in [0.4, 0.5) is 0 Å². The van der Waals surface area contributed by atoms with Crippen molar-refractivity contribution in [3.05, 3.63) is 84.3 Å². The van der Waals surface area contributed by atoms with E-state index < -0.39 is 0 Å². The molecule has 0 spiro atoms. The maximum Gasteiger partial charge on any atom is 0.145 e. The van der Waals surface area contributed by atoms with E-state index in [1.165, 1.54) is 49.1 Å². The summed E-state index contributed by atoms with van der Waals surface area (Å²) in [6.45, 7) is 4.45. The maximum absolute atomic E-state index is 5.22. The zero-order valence-electron chi connectivity index (χ0n) is 18.2. The number of aromatic nitrogens is 3. The molecule has 0 aliphatic heterocycles. The fourth-order valence-corrected chi connectivity index (χ4v) is 5.09. The SMILES string of the molecule is CCc1cccc(CC)c1-c1cn2c3cc4cn(C)cc4cc3c3ccccc3c2n1. The lowest BCUT2D eigenvalue weighted by Crippen LogP contribution is -1.94. The molecular weight excluding hydrogens is 378 g/mol. The van der Waals surface area contributed by atoms with Crippen LogP contribution < -0.4 is 0 Å². The minimum atomic E-state index is 1.00. The second kappa shape index (κ2) is 6.71. The minimum absolute atomic E-state index is 1.00. The molecule has 0 radical (unpaired) electrons. The molecule has 0 unspecified atom stereocenters. The summed E-state index contributed by atoms with van der Waals surface area (Å²) in [4.78, 5) is 5.22. The zero-order chi connectivity index (χ0) is 21.1. The summed E-state index contributed by atoms with van der Waals surface area (Å²) in [5.41, 5.74) is 7.33. The number of hydrogen-bond donors (Lipinski definition) is 0. The van der Waals surface area contributed by atoms with Crippen LogP contribution in [0.1, 0.15) is 25.0 Å². The maximum atomic E-state index is 5.22. The van der Waals surface area contributed by atoms with Crippen LogP contribution in [0.5, 0.6) is 0 Å². The Kier molecular flexibility index (Phi) is 3.94. The van der Waals surface area contributed by atoms with Crippen LogP contribution in [-0.4, -0.2) is 14.0 Å². The molecule has 3 aromatic heterocycles. The fraction of sp³-hybridized carbons (Fsp3) is 0.179. The van der Waals surface area contributed by atoms with Gasteiger partial charge in [0.05, 0.1) is 11.2 Å². The number of fused-ring (bicyclic) bond motifs is 7. The Labute approximate surface area is 181 Å². The second-order valence-corrected chi connectivity index (χ2v) is 8.45. The third kappa shape index (κ3) is 2.63. The number of hydrogen-bond acceptors (Lipinski definition) is 1. The number of pyridine rings is 1. The van der Waals surface area contributed by atoms with Crippen molar-refractivity contribution in [2.75, 3.05) is 0 Å². The van der Waals surface area contributed by atoms with Crippen LogP contribution in [0.15, 0.2) is 73.2 Å². The molecule has 6 rings (SSSR count). The van der Waals surface area contributed by atoms with Gasteiger partial charge in [0.1, 0.15) is 5.65 Å². The smallest absolute Gasteiger partial charge is 0.145 e. The van der Waals surface area contributed by atoms with Gasteiger partial charge < -0.3 is 4.57 Å². The predicted octanol–water partition coefficient (Wildman–Crippen LogP) is 6.92. The van der Waals surface area contributed by atoms with E-state index in [9.17, 15) is 0 Å². The van der Waals surface area contributed by atoms with Crippen molar-refractivity contribution in [1.82, 2.24) is 14.0 Å². The van der Waals surface area contributed by atoms with Gasteiger partial charge in [0.2, 0.25) is 0 Å². The summed E-state index contributed by atoms with van der Waals surface area (Å²) in [6.07, 6.45) is 8.63. The first-order valence-corrected chi connectivity index (χ1v) is 11.1. The summed E-state index contributed by atoms with van der Waals surface area (Å²) < 4.78 is 4.43. The molecule has 0 saturated heterocycles. The Bertz CT molecular complexity index is 1590. The molecule has 6 aromatic rings.